The zero-order chi connectivity index (χ0) is 14.1. The topological polar surface area (TPSA) is 55.1 Å². The first-order valence-corrected chi connectivity index (χ1v) is 7.95. The van der Waals surface area contributed by atoms with E-state index in [1.165, 1.54) is 19.3 Å². The molecule has 3 N–H and O–H groups in total. The van der Waals surface area contributed by atoms with Gasteiger partial charge in [0.15, 0.2) is 0 Å². The standard InChI is InChI=1S/C15H24N2OS/c1-3-4-8-11-19-12-15(17-2,14(16)18)13-9-6-5-7-10-13/h5-7,9-10,17H,3-4,8,11-12H2,1-2H3,(H2,16,18). The first-order valence-electron chi connectivity index (χ1n) is 6.79. The second-order valence-electron chi connectivity index (χ2n) is 4.65. The Morgan fingerprint density at radius 3 is 2.53 bits per heavy atom. The fourth-order valence-electron chi connectivity index (χ4n) is 2.04. The van der Waals surface area contributed by atoms with Crippen molar-refractivity contribution in [2.24, 2.45) is 5.73 Å². The number of nitrogens with one attached hydrogen (secondary N) is 1. The highest BCUT2D eigenvalue weighted by atomic mass is 32.2. The Hall–Kier alpha value is -1.00. The van der Waals surface area contributed by atoms with Crippen LogP contribution in [0.1, 0.15) is 31.7 Å². The van der Waals surface area contributed by atoms with Gasteiger partial charge in [-0.25, -0.2) is 0 Å². The molecular formula is C15H24N2OS. The van der Waals surface area contributed by atoms with E-state index >= 15 is 0 Å². The zero-order valence-electron chi connectivity index (χ0n) is 11.8. The van der Waals surface area contributed by atoms with Crippen LogP contribution in [-0.2, 0) is 10.3 Å². The average molecular weight is 280 g/mol. The Balaban J connectivity index is 2.74. The lowest BCUT2D eigenvalue weighted by atomic mass is 9.91. The minimum absolute atomic E-state index is 0.316. The molecule has 1 aromatic rings. The molecule has 3 nitrogen and oxygen atoms in total. The first kappa shape index (κ1) is 16.1. The first-order chi connectivity index (χ1) is 9.17. The van der Waals surface area contributed by atoms with Gasteiger partial charge in [-0.15, -0.1) is 0 Å². The molecule has 1 unspecified atom stereocenters. The number of thioether (sulfide) groups is 1. The minimum Gasteiger partial charge on any atom is -0.368 e. The maximum absolute atomic E-state index is 11.9. The molecule has 0 aliphatic rings. The number of carbonyl (C=O) groups excluding carboxylic acids is 1. The van der Waals surface area contributed by atoms with Crippen molar-refractivity contribution in [3.8, 4) is 0 Å². The molecule has 0 saturated carbocycles. The number of primary amides is 1. The number of benzene rings is 1. The van der Waals surface area contributed by atoms with E-state index in [0.29, 0.717) is 5.75 Å². The van der Waals surface area contributed by atoms with Crippen LogP contribution in [0.15, 0.2) is 30.3 Å². The highest BCUT2D eigenvalue weighted by Gasteiger charge is 2.36. The lowest BCUT2D eigenvalue weighted by Gasteiger charge is -2.30. The van der Waals surface area contributed by atoms with Crippen molar-refractivity contribution in [1.29, 1.82) is 0 Å². The van der Waals surface area contributed by atoms with Gasteiger partial charge in [0.2, 0.25) is 5.91 Å². The Morgan fingerprint density at radius 1 is 1.32 bits per heavy atom. The number of carbonyl (C=O) groups is 1. The van der Waals surface area contributed by atoms with Crippen LogP contribution in [0.2, 0.25) is 0 Å². The summed E-state index contributed by atoms with van der Waals surface area (Å²) in [5.74, 6) is 1.42. The third-order valence-corrected chi connectivity index (χ3v) is 4.54. The Kier molecular flexibility index (Phi) is 6.95. The second kappa shape index (κ2) is 8.23. The normalized spacial score (nSPS) is 14.0. The summed E-state index contributed by atoms with van der Waals surface area (Å²) in [6.07, 6.45) is 3.64. The molecule has 0 aliphatic carbocycles. The van der Waals surface area contributed by atoms with Crippen LogP contribution in [0.5, 0.6) is 0 Å². The summed E-state index contributed by atoms with van der Waals surface area (Å²) < 4.78 is 0. The van der Waals surface area contributed by atoms with Crippen molar-refractivity contribution in [2.45, 2.75) is 31.7 Å². The van der Waals surface area contributed by atoms with Crippen molar-refractivity contribution in [1.82, 2.24) is 5.32 Å². The van der Waals surface area contributed by atoms with Crippen LogP contribution >= 0.6 is 11.8 Å². The van der Waals surface area contributed by atoms with Gasteiger partial charge in [-0.05, 0) is 24.8 Å². The van der Waals surface area contributed by atoms with Gasteiger partial charge in [0.05, 0.1) is 0 Å². The second-order valence-corrected chi connectivity index (χ2v) is 5.75. The van der Waals surface area contributed by atoms with Gasteiger partial charge in [-0.2, -0.15) is 11.8 Å². The van der Waals surface area contributed by atoms with Gasteiger partial charge in [0.1, 0.15) is 5.54 Å². The van der Waals surface area contributed by atoms with E-state index in [1.807, 2.05) is 30.3 Å². The number of amides is 1. The van der Waals surface area contributed by atoms with E-state index in [1.54, 1.807) is 18.8 Å². The van der Waals surface area contributed by atoms with Crippen molar-refractivity contribution < 1.29 is 4.79 Å². The largest absolute Gasteiger partial charge is 0.368 e. The molecule has 1 atom stereocenters. The molecular weight excluding hydrogens is 256 g/mol. The molecule has 0 aliphatic heterocycles. The molecule has 0 fully saturated rings. The van der Waals surface area contributed by atoms with Crippen LogP contribution in [0.3, 0.4) is 0 Å². The number of rotatable bonds is 9. The molecule has 0 radical (unpaired) electrons. The van der Waals surface area contributed by atoms with Gasteiger partial charge < -0.3 is 11.1 Å². The van der Waals surface area contributed by atoms with Gasteiger partial charge in [0.25, 0.3) is 0 Å². The highest BCUT2D eigenvalue weighted by Crippen LogP contribution is 2.26. The Bertz CT molecular complexity index is 383. The van der Waals surface area contributed by atoms with E-state index in [0.717, 1.165) is 11.3 Å². The van der Waals surface area contributed by atoms with E-state index in [9.17, 15) is 4.79 Å². The fourth-order valence-corrected chi connectivity index (χ4v) is 3.35. The number of likely N-dealkylation sites (N-methyl/N-ethyl adjacent to an activating group) is 1. The monoisotopic (exact) mass is 280 g/mol. The van der Waals surface area contributed by atoms with Gasteiger partial charge >= 0.3 is 0 Å². The number of hydrogen-bond acceptors (Lipinski definition) is 3. The minimum atomic E-state index is -0.766. The Morgan fingerprint density at radius 2 is 2.00 bits per heavy atom. The number of nitrogens with two attached hydrogens (primary N) is 1. The average Bonchev–Trinajstić information content (AvgIpc) is 2.44. The third kappa shape index (κ3) is 4.25. The van der Waals surface area contributed by atoms with E-state index in [4.69, 9.17) is 5.73 Å². The van der Waals surface area contributed by atoms with Crippen molar-refractivity contribution in [2.75, 3.05) is 18.6 Å². The predicted octanol–water partition coefficient (Wildman–Crippen LogP) is 2.51. The summed E-state index contributed by atoms with van der Waals surface area (Å²) in [6, 6.07) is 9.72. The quantitative estimate of drug-likeness (QED) is 0.683. The van der Waals surface area contributed by atoms with Crippen molar-refractivity contribution >= 4 is 17.7 Å². The summed E-state index contributed by atoms with van der Waals surface area (Å²) in [6.45, 7) is 2.19. The molecule has 1 aromatic carbocycles. The zero-order valence-corrected chi connectivity index (χ0v) is 12.6. The molecule has 0 spiro atoms. The molecule has 0 heterocycles. The maximum atomic E-state index is 11.9. The van der Waals surface area contributed by atoms with E-state index in [2.05, 4.69) is 12.2 Å². The molecule has 1 rings (SSSR count). The summed E-state index contributed by atoms with van der Waals surface area (Å²) >= 11 is 1.78. The lowest BCUT2D eigenvalue weighted by molar-refractivity contribution is -0.123. The summed E-state index contributed by atoms with van der Waals surface area (Å²) in [4.78, 5) is 11.9. The SMILES string of the molecule is CCCCCSCC(NC)(C(N)=O)c1ccccc1. The van der Waals surface area contributed by atoms with Crippen LogP contribution in [0.25, 0.3) is 0 Å². The maximum Gasteiger partial charge on any atom is 0.243 e. The van der Waals surface area contributed by atoms with Crippen LogP contribution in [-0.4, -0.2) is 24.5 Å². The summed E-state index contributed by atoms with van der Waals surface area (Å²) in [5.41, 5.74) is 5.81. The molecule has 106 valence electrons. The third-order valence-electron chi connectivity index (χ3n) is 3.32. The lowest BCUT2D eigenvalue weighted by Crippen LogP contribution is -2.53. The highest BCUT2D eigenvalue weighted by molar-refractivity contribution is 7.99. The van der Waals surface area contributed by atoms with Crippen LogP contribution < -0.4 is 11.1 Å². The van der Waals surface area contributed by atoms with Crippen LogP contribution in [0, 0.1) is 0 Å². The molecule has 0 saturated heterocycles. The van der Waals surface area contributed by atoms with E-state index in [-0.39, 0.29) is 5.91 Å². The van der Waals surface area contributed by atoms with Crippen LogP contribution in [0.4, 0.5) is 0 Å². The molecule has 0 aromatic heterocycles. The number of hydrogen-bond donors (Lipinski definition) is 2. The van der Waals surface area contributed by atoms with Gasteiger partial charge in [-0.3, -0.25) is 4.79 Å². The molecule has 0 bridgehead atoms. The molecule has 4 heteroatoms. The van der Waals surface area contributed by atoms with Crippen molar-refractivity contribution in [3.63, 3.8) is 0 Å². The Labute approximate surface area is 120 Å². The molecule has 19 heavy (non-hydrogen) atoms. The van der Waals surface area contributed by atoms with E-state index < -0.39 is 5.54 Å². The predicted molar refractivity (Wildman–Crippen MR) is 83.2 cm³/mol. The number of unbranched alkanes of at least 4 members (excludes halogenated alkanes) is 2. The summed E-state index contributed by atoms with van der Waals surface area (Å²) in [7, 11) is 1.80. The molecule has 1 amide bonds. The summed E-state index contributed by atoms with van der Waals surface area (Å²) in [5, 5.41) is 3.13. The van der Waals surface area contributed by atoms with Gasteiger partial charge in [-0.1, -0.05) is 50.1 Å². The fraction of sp³-hybridized carbons (Fsp3) is 0.533. The smallest absolute Gasteiger partial charge is 0.243 e. The van der Waals surface area contributed by atoms with Crippen molar-refractivity contribution in [3.05, 3.63) is 35.9 Å². The van der Waals surface area contributed by atoms with Gasteiger partial charge in [0, 0.05) is 5.75 Å².